The van der Waals surface area contributed by atoms with Crippen molar-refractivity contribution >= 4 is 22.5 Å². The third kappa shape index (κ3) is 4.11. The Bertz CT molecular complexity index is 897. The van der Waals surface area contributed by atoms with Gasteiger partial charge in [0.05, 0.1) is 0 Å². The number of amides is 2. The predicted octanol–water partition coefficient (Wildman–Crippen LogP) is 2.88. The lowest BCUT2D eigenvalue weighted by Crippen LogP contribution is -2.31. The molecule has 0 saturated carbocycles. The quantitative estimate of drug-likeness (QED) is 0.709. The number of halogens is 3. The first-order valence-electron chi connectivity index (χ1n) is 7.05. The van der Waals surface area contributed by atoms with Crippen LogP contribution in [-0.4, -0.2) is 31.4 Å². The molecule has 0 fully saturated rings. The largest absolute Gasteiger partial charge is 0.445 e. The molecule has 9 nitrogen and oxygen atoms in total. The van der Waals surface area contributed by atoms with Gasteiger partial charge in [0.1, 0.15) is 6.04 Å². The Labute approximate surface area is 147 Å². The van der Waals surface area contributed by atoms with E-state index >= 15 is 0 Å². The Kier molecular flexibility index (Phi) is 4.79. The minimum atomic E-state index is -4.62. The smallest absolute Gasteiger partial charge is 0.337 e. The molecule has 1 unspecified atom stereocenters. The molecular weight excluding hydrogens is 375 g/mol. The van der Waals surface area contributed by atoms with Gasteiger partial charge in [0.2, 0.25) is 21.9 Å². The molecule has 0 aliphatic carbocycles. The van der Waals surface area contributed by atoms with Gasteiger partial charge >= 0.3 is 12.2 Å². The van der Waals surface area contributed by atoms with Crippen LogP contribution in [0, 0.1) is 0 Å². The molecule has 0 aliphatic heterocycles. The van der Waals surface area contributed by atoms with Gasteiger partial charge in [-0.25, -0.2) is 4.79 Å². The Morgan fingerprint density at radius 2 is 2.00 bits per heavy atom. The third-order valence-electron chi connectivity index (χ3n) is 2.99. The number of carbonyl (C=O) groups excluding carboxylic acids is 1. The van der Waals surface area contributed by atoms with Gasteiger partial charge in [-0.3, -0.25) is 10.3 Å². The van der Waals surface area contributed by atoms with E-state index in [2.05, 4.69) is 36.0 Å². The van der Waals surface area contributed by atoms with E-state index in [1.54, 1.807) is 31.5 Å². The van der Waals surface area contributed by atoms with Crippen LogP contribution >= 0.6 is 11.3 Å². The number of pyridine rings is 1. The fourth-order valence-electron chi connectivity index (χ4n) is 1.81. The molecule has 0 bridgehead atoms. The molecule has 2 N–H and O–H groups in total. The Morgan fingerprint density at radius 3 is 2.65 bits per heavy atom. The van der Waals surface area contributed by atoms with E-state index in [0.717, 1.165) is 0 Å². The number of urea groups is 1. The molecule has 0 aliphatic rings. The molecule has 0 spiro atoms. The summed E-state index contributed by atoms with van der Waals surface area (Å²) < 4.78 is 42.5. The molecule has 0 aromatic carbocycles. The summed E-state index contributed by atoms with van der Waals surface area (Å²) in [5.41, 5.74) is 0.681. The number of aromatic nitrogens is 5. The second kappa shape index (κ2) is 7.03. The van der Waals surface area contributed by atoms with Crippen molar-refractivity contribution in [2.24, 2.45) is 0 Å². The molecule has 2 amide bonds. The van der Waals surface area contributed by atoms with E-state index in [1.807, 2.05) is 0 Å². The molecule has 26 heavy (non-hydrogen) atoms. The number of hydrogen-bond acceptors (Lipinski definition) is 8. The van der Waals surface area contributed by atoms with Gasteiger partial charge in [-0.1, -0.05) is 16.5 Å². The summed E-state index contributed by atoms with van der Waals surface area (Å²) >= 11 is 0.216. The van der Waals surface area contributed by atoms with Crippen molar-refractivity contribution in [3.05, 3.63) is 35.4 Å². The maximum absolute atomic E-state index is 12.5. The normalized spacial score (nSPS) is 12.6. The molecule has 0 radical (unpaired) electrons. The molecule has 3 rings (SSSR count). The molecule has 13 heteroatoms. The molecule has 0 saturated heterocycles. The van der Waals surface area contributed by atoms with Crippen molar-refractivity contribution < 1.29 is 22.5 Å². The summed E-state index contributed by atoms with van der Waals surface area (Å²) in [5.74, 6) is 0.440. The number of anilines is 1. The maximum atomic E-state index is 12.5. The molecule has 3 aromatic heterocycles. The number of hydrogen-bond donors (Lipinski definition) is 2. The lowest BCUT2D eigenvalue weighted by Gasteiger charge is -2.09. The van der Waals surface area contributed by atoms with Crippen molar-refractivity contribution in [2.75, 3.05) is 5.32 Å². The highest BCUT2D eigenvalue weighted by atomic mass is 32.1. The SMILES string of the molecule is CC(NC(=O)Nc1nnc(C(F)(F)F)s1)c1nc(-c2ccncc2)no1. The summed E-state index contributed by atoms with van der Waals surface area (Å²) in [4.78, 5) is 19.9. The zero-order valence-electron chi connectivity index (χ0n) is 13.0. The van der Waals surface area contributed by atoms with Crippen molar-refractivity contribution in [2.45, 2.75) is 19.1 Å². The lowest BCUT2D eigenvalue weighted by atomic mass is 10.2. The number of rotatable bonds is 4. The first-order valence-corrected chi connectivity index (χ1v) is 7.87. The molecule has 1 atom stereocenters. The van der Waals surface area contributed by atoms with E-state index in [-0.39, 0.29) is 22.4 Å². The zero-order chi connectivity index (χ0) is 18.7. The first kappa shape index (κ1) is 17.7. The van der Waals surface area contributed by atoms with Crippen molar-refractivity contribution in [3.8, 4) is 11.4 Å². The molecule has 136 valence electrons. The number of nitrogens with one attached hydrogen (secondary N) is 2. The summed E-state index contributed by atoms with van der Waals surface area (Å²) in [6.45, 7) is 1.57. The highest BCUT2D eigenvalue weighted by molar-refractivity contribution is 7.15. The fourth-order valence-corrected chi connectivity index (χ4v) is 2.42. The van der Waals surface area contributed by atoms with Gasteiger partial charge in [0.15, 0.2) is 0 Å². The highest BCUT2D eigenvalue weighted by Gasteiger charge is 2.35. The van der Waals surface area contributed by atoms with Crippen LogP contribution in [0.25, 0.3) is 11.4 Å². The molecule has 3 aromatic rings. The van der Waals surface area contributed by atoms with Gasteiger partial charge in [-0.2, -0.15) is 18.2 Å². The second-order valence-electron chi connectivity index (χ2n) is 4.92. The van der Waals surface area contributed by atoms with Crippen LogP contribution in [0.3, 0.4) is 0 Å². The van der Waals surface area contributed by atoms with E-state index < -0.39 is 23.3 Å². The average molecular weight is 385 g/mol. The average Bonchev–Trinajstić information content (AvgIpc) is 3.24. The van der Waals surface area contributed by atoms with Crippen LogP contribution < -0.4 is 10.6 Å². The van der Waals surface area contributed by atoms with Gasteiger partial charge < -0.3 is 9.84 Å². The van der Waals surface area contributed by atoms with E-state index in [9.17, 15) is 18.0 Å². The Hall–Kier alpha value is -3.09. The minimum Gasteiger partial charge on any atom is -0.337 e. The number of carbonyl (C=O) groups is 1. The number of alkyl halides is 3. The predicted molar refractivity (Wildman–Crippen MR) is 83.0 cm³/mol. The van der Waals surface area contributed by atoms with Gasteiger partial charge in [-0.05, 0) is 19.1 Å². The first-order chi connectivity index (χ1) is 12.3. The van der Waals surface area contributed by atoms with Crippen LogP contribution in [0.4, 0.5) is 23.1 Å². The van der Waals surface area contributed by atoms with E-state index in [0.29, 0.717) is 11.4 Å². The van der Waals surface area contributed by atoms with Crippen LogP contribution in [0.2, 0.25) is 0 Å². The van der Waals surface area contributed by atoms with Crippen molar-refractivity contribution in [3.63, 3.8) is 0 Å². The van der Waals surface area contributed by atoms with Gasteiger partial charge in [0.25, 0.3) is 0 Å². The zero-order valence-corrected chi connectivity index (χ0v) is 13.8. The van der Waals surface area contributed by atoms with Gasteiger partial charge in [-0.15, -0.1) is 10.2 Å². The molecule has 3 heterocycles. The number of nitrogens with zero attached hydrogens (tertiary/aromatic N) is 5. The fraction of sp³-hybridized carbons (Fsp3) is 0.231. The molecular formula is C13H10F3N7O2S. The highest BCUT2D eigenvalue weighted by Crippen LogP contribution is 2.33. The third-order valence-corrected chi connectivity index (χ3v) is 3.87. The topological polar surface area (TPSA) is 119 Å². The summed E-state index contributed by atoms with van der Waals surface area (Å²) in [7, 11) is 0. The van der Waals surface area contributed by atoms with Crippen molar-refractivity contribution in [1.82, 2.24) is 30.6 Å². The minimum absolute atomic E-state index is 0.125. The lowest BCUT2D eigenvalue weighted by molar-refractivity contribution is -0.138. The standard InChI is InChI=1S/C13H10F3N7O2S/c1-6(9-19-8(23-25-9)7-2-4-17-5-3-7)18-11(24)20-12-22-21-10(26-12)13(14,15)16/h2-6H,1H3,(H2,18,20,22,24). The van der Waals surface area contributed by atoms with E-state index in [1.165, 1.54) is 0 Å². The van der Waals surface area contributed by atoms with Crippen molar-refractivity contribution in [1.29, 1.82) is 0 Å². The van der Waals surface area contributed by atoms with Crippen LogP contribution in [0.15, 0.2) is 29.0 Å². The Balaban J connectivity index is 1.61. The van der Waals surface area contributed by atoms with Crippen LogP contribution in [0.1, 0.15) is 23.9 Å². The Morgan fingerprint density at radius 1 is 1.27 bits per heavy atom. The summed E-state index contributed by atoms with van der Waals surface area (Å²) in [6.07, 6.45) is -1.48. The summed E-state index contributed by atoms with van der Waals surface area (Å²) in [5, 5.41) is 13.2. The monoisotopic (exact) mass is 385 g/mol. The maximum Gasteiger partial charge on any atom is 0.445 e. The summed E-state index contributed by atoms with van der Waals surface area (Å²) in [6, 6.07) is 1.90. The van der Waals surface area contributed by atoms with Crippen LogP contribution in [-0.2, 0) is 6.18 Å². The van der Waals surface area contributed by atoms with E-state index in [4.69, 9.17) is 4.52 Å². The van der Waals surface area contributed by atoms with Crippen LogP contribution in [0.5, 0.6) is 0 Å². The van der Waals surface area contributed by atoms with Gasteiger partial charge in [0, 0.05) is 18.0 Å². The second-order valence-corrected chi connectivity index (χ2v) is 5.90.